The van der Waals surface area contributed by atoms with E-state index >= 15 is 0 Å². The molecule has 1 aliphatic rings. The average molecular weight is 526 g/mol. The second-order valence-electron chi connectivity index (χ2n) is 4.97. The Kier molecular flexibility index (Phi) is 16.5. The van der Waals surface area contributed by atoms with Gasteiger partial charge in [0.2, 0.25) is 0 Å². The van der Waals surface area contributed by atoms with Gasteiger partial charge in [0.15, 0.2) is 0 Å². The van der Waals surface area contributed by atoms with Gasteiger partial charge in [-0.1, -0.05) is 84.0 Å². The molecule has 1 aromatic carbocycles. The van der Waals surface area contributed by atoms with Gasteiger partial charge >= 0.3 is 29.4 Å². The molecule has 0 saturated carbocycles. The minimum atomic E-state index is 0.556. The van der Waals surface area contributed by atoms with Crippen molar-refractivity contribution in [2.45, 2.75) is 53.1 Å². The summed E-state index contributed by atoms with van der Waals surface area (Å²) in [5.41, 5.74) is 4.92. The Bertz CT molecular complexity index is 525. The van der Waals surface area contributed by atoms with Crippen LogP contribution >= 0.6 is 0 Å². The van der Waals surface area contributed by atoms with Gasteiger partial charge in [-0.05, 0) is 30.1 Å². The molecule has 1 nitrogen and oxygen atoms in total. The molecule has 1 heterocycles. The number of rotatable bonds is 3. The molecule has 0 atom stereocenters. The molecule has 0 amide bonds. The van der Waals surface area contributed by atoms with E-state index in [0.717, 1.165) is 11.3 Å². The van der Waals surface area contributed by atoms with E-state index in [0.29, 0.717) is 12.5 Å². The SMILES string of the molecule is C=CC1=C(/C=C(\C)C(C)C)COc2ccccc21.CC.CC.C[At]. The summed E-state index contributed by atoms with van der Waals surface area (Å²) in [4.78, 5) is 0. The van der Waals surface area contributed by atoms with Crippen LogP contribution in [0.5, 0.6) is 5.75 Å². The van der Waals surface area contributed by atoms with Crippen LogP contribution in [0.1, 0.15) is 54.0 Å². The maximum atomic E-state index is 5.80. The molecule has 0 saturated heterocycles. The number of para-hydroxylation sites is 1. The van der Waals surface area contributed by atoms with E-state index < -0.39 is 0 Å². The molecule has 0 fully saturated rings. The van der Waals surface area contributed by atoms with Crippen molar-refractivity contribution in [1.82, 2.24) is 0 Å². The van der Waals surface area contributed by atoms with Crippen LogP contribution in [-0.4, -0.2) is 6.61 Å². The number of ether oxygens (including phenoxy) is 1. The van der Waals surface area contributed by atoms with Gasteiger partial charge in [-0.15, -0.1) is 0 Å². The van der Waals surface area contributed by atoms with Crippen LogP contribution in [0.15, 0.2) is 54.1 Å². The van der Waals surface area contributed by atoms with Crippen LogP contribution in [0.3, 0.4) is 0 Å². The zero-order valence-corrected chi connectivity index (χ0v) is 19.7. The first-order valence-electron chi connectivity index (χ1n) is 8.77. The Morgan fingerprint density at radius 1 is 1.12 bits per heavy atom. The van der Waals surface area contributed by atoms with E-state index in [2.05, 4.69) is 44.1 Å². The van der Waals surface area contributed by atoms with Gasteiger partial charge in [0.1, 0.15) is 12.4 Å². The van der Waals surface area contributed by atoms with Crippen LogP contribution in [0, 0.1) is 30.6 Å². The van der Waals surface area contributed by atoms with Crippen molar-refractivity contribution < 1.29 is 29.5 Å². The van der Waals surface area contributed by atoms with Gasteiger partial charge in [-0.2, -0.15) is 0 Å². The summed E-state index contributed by atoms with van der Waals surface area (Å²) in [7, 11) is 0. The summed E-state index contributed by atoms with van der Waals surface area (Å²) in [5, 5.41) is 0. The molecule has 2 heteroatoms. The molecule has 136 valence electrons. The third-order valence-corrected chi connectivity index (χ3v) is 3.42. The third-order valence-electron chi connectivity index (χ3n) is 3.42. The Morgan fingerprint density at radius 3 is 2.17 bits per heavy atom. The Balaban J connectivity index is 0. The summed E-state index contributed by atoms with van der Waals surface area (Å²) >= 11 is 1.72. The fourth-order valence-corrected chi connectivity index (χ4v) is 2.02. The van der Waals surface area contributed by atoms with Crippen LogP contribution < -0.4 is 4.74 Å². The first-order valence-corrected chi connectivity index (χ1v) is 11.7. The van der Waals surface area contributed by atoms with Gasteiger partial charge in [0.25, 0.3) is 0 Å². The van der Waals surface area contributed by atoms with E-state index in [1.54, 1.807) is 24.7 Å². The van der Waals surface area contributed by atoms with Crippen molar-refractivity contribution in [2.24, 2.45) is 5.92 Å². The number of hydrogen-bond donors (Lipinski definition) is 0. The maximum absolute atomic E-state index is 5.80. The van der Waals surface area contributed by atoms with Crippen LogP contribution in [0.25, 0.3) is 5.57 Å². The second-order valence-corrected chi connectivity index (χ2v) is 4.97. The van der Waals surface area contributed by atoms with Gasteiger partial charge in [-0.25, -0.2) is 0 Å². The summed E-state index contributed by atoms with van der Waals surface area (Å²) < 4.78 is 7.85. The molecule has 1 aromatic rings. The van der Waals surface area contributed by atoms with Gasteiger partial charge < -0.3 is 4.74 Å². The number of fused-ring (bicyclic) bond motifs is 1. The molecule has 0 unspecified atom stereocenters. The van der Waals surface area contributed by atoms with Crippen molar-refractivity contribution >= 4 is 5.57 Å². The van der Waals surface area contributed by atoms with Crippen LogP contribution in [0.4, 0.5) is 0 Å². The van der Waals surface area contributed by atoms with Crippen molar-refractivity contribution in [3.05, 3.63) is 59.7 Å². The van der Waals surface area contributed by atoms with E-state index in [-0.39, 0.29) is 0 Å². The van der Waals surface area contributed by atoms with E-state index in [1.165, 1.54) is 16.7 Å². The van der Waals surface area contributed by atoms with Gasteiger partial charge in [0, 0.05) is 5.56 Å². The van der Waals surface area contributed by atoms with Crippen LogP contribution in [0.2, 0.25) is 4.63 Å². The predicted octanol–water partition coefficient (Wildman–Crippen LogP) is 7.26. The normalized spacial score (nSPS) is 12.3. The first kappa shape index (κ1) is 25.4. The summed E-state index contributed by atoms with van der Waals surface area (Å²) in [6.45, 7) is 19.1. The van der Waals surface area contributed by atoms with Crippen molar-refractivity contribution in [3.8, 4) is 5.75 Å². The topological polar surface area (TPSA) is 9.23 Å². The standard InChI is InChI=1S/C17H20O.2C2H6.CH3At/c1-5-15-14(10-13(4)12(2)3)11-18-17-9-7-6-8-16(15)17;3*1-2/h5-10,12H,1,11H2,2-4H3;2*1-2H3;1H3/b13-10+;;;. The third kappa shape index (κ3) is 7.80. The fraction of sp³-hybridized carbons (Fsp3) is 0.455. The van der Waals surface area contributed by atoms with Crippen LogP contribution in [-0.2, 0) is 0 Å². The van der Waals surface area contributed by atoms with E-state index in [1.807, 2.05) is 52.0 Å². The summed E-state index contributed by atoms with van der Waals surface area (Å²) in [6, 6.07) is 8.13. The molecule has 0 bridgehead atoms. The van der Waals surface area contributed by atoms with Crippen molar-refractivity contribution in [2.75, 3.05) is 6.61 Å². The molecule has 24 heavy (non-hydrogen) atoms. The van der Waals surface area contributed by atoms with Gasteiger partial charge in [-0.3, -0.25) is 0 Å². The zero-order valence-electron chi connectivity index (χ0n) is 16.7. The molecule has 0 N–H and O–H groups in total. The molecular formula is C22H35AtO. The monoisotopic (exact) mass is 525 g/mol. The first-order chi connectivity index (χ1) is 11.6. The van der Waals surface area contributed by atoms with Gasteiger partial charge in [0.05, 0.1) is 0 Å². The zero-order chi connectivity index (χ0) is 19.1. The number of benzene rings is 1. The Morgan fingerprint density at radius 2 is 1.67 bits per heavy atom. The number of allylic oxidation sites excluding steroid dienone is 3. The fourth-order valence-electron chi connectivity index (χ4n) is 2.02. The molecule has 0 aromatic heterocycles. The minimum absolute atomic E-state index is 0.556. The van der Waals surface area contributed by atoms with E-state index in [9.17, 15) is 0 Å². The molecular weight excluding hydrogens is 490 g/mol. The molecule has 2 rings (SSSR count). The average Bonchev–Trinajstić information content (AvgIpc) is 2.66. The van der Waals surface area contributed by atoms with E-state index in [4.69, 9.17) is 4.74 Å². The second kappa shape index (κ2) is 15.6. The quantitative estimate of drug-likeness (QED) is 0.404. The Labute approximate surface area is 165 Å². The van der Waals surface area contributed by atoms with Crippen molar-refractivity contribution in [3.63, 3.8) is 0 Å². The molecule has 1 aliphatic heterocycles. The van der Waals surface area contributed by atoms with Crippen molar-refractivity contribution in [1.29, 1.82) is 0 Å². The molecule has 0 spiro atoms. The number of hydrogen-bond acceptors (Lipinski definition) is 1. The summed E-state index contributed by atoms with van der Waals surface area (Å²) in [6.07, 6.45) is 4.17. The predicted molar refractivity (Wildman–Crippen MR) is 106 cm³/mol. The molecule has 0 radical (unpaired) electrons. The Hall–Kier alpha value is -0.877. The summed E-state index contributed by atoms with van der Waals surface area (Å²) in [5.74, 6) is 1.51. The molecule has 0 aliphatic carbocycles.